The minimum atomic E-state index is -0.878. The number of nitrogens with zero attached hydrogens (tertiary/aromatic N) is 1. The third-order valence-corrected chi connectivity index (χ3v) is 2.75. The molecule has 0 amide bonds. The number of aliphatic hydroxyl groups is 2. The Balaban J connectivity index is 3.17. The van der Waals surface area contributed by atoms with Crippen LogP contribution in [0.4, 0.5) is 10.1 Å². The molecule has 0 fully saturated rings. The van der Waals surface area contributed by atoms with E-state index in [0.717, 1.165) is 0 Å². The fourth-order valence-corrected chi connectivity index (χ4v) is 2.05. The van der Waals surface area contributed by atoms with Gasteiger partial charge >= 0.3 is 0 Å². The van der Waals surface area contributed by atoms with Crippen LogP contribution in [0.25, 0.3) is 0 Å². The van der Waals surface area contributed by atoms with E-state index < -0.39 is 17.5 Å². The van der Waals surface area contributed by atoms with Gasteiger partial charge in [-0.25, -0.2) is 4.39 Å². The molecule has 0 aliphatic carbocycles. The first-order valence-electron chi connectivity index (χ1n) is 6.20. The number of halogens is 1. The lowest BCUT2D eigenvalue weighted by Crippen LogP contribution is -2.39. The van der Waals surface area contributed by atoms with Crippen molar-refractivity contribution in [3.05, 3.63) is 29.6 Å². The molecule has 18 heavy (non-hydrogen) atoms. The number of aliphatic hydroxyl groups excluding tert-OH is 1. The summed E-state index contributed by atoms with van der Waals surface area (Å²) in [6, 6.07) is 4.72. The number of benzene rings is 1. The molecule has 0 bridgehead atoms. The third-order valence-electron chi connectivity index (χ3n) is 2.75. The van der Waals surface area contributed by atoms with Crippen molar-refractivity contribution in [2.24, 2.45) is 0 Å². The minimum Gasteiger partial charge on any atom is -0.389 e. The van der Waals surface area contributed by atoms with Gasteiger partial charge in [-0.2, -0.15) is 0 Å². The van der Waals surface area contributed by atoms with E-state index in [2.05, 4.69) is 0 Å². The predicted octanol–water partition coefficient (Wildman–Crippen LogP) is 2.48. The minimum absolute atomic E-state index is 0.281. The van der Waals surface area contributed by atoms with E-state index in [9.17, 15) is 14.6 Å². The fraction of sp³-hybridized carbons (Fsp3) is 0.571. The van der Waals surface area contributed by atoms with Crippen LogP contribution >= 0.6 is 0 Å². The quantitative estimate of drug-likeness (QED) is 0.849. The molecule has 1 aromatic rings. The zero-order chi connectivity index (χ0) is 13.9. The van der Waals surface area contributed by atoms with Crippen LogP contribution in [0.3, 0.4) is 0 Å². The van der Waals surface area contributed by atoms with Crippen LogP contribution in [0.2, 0.25) is 0 Å². The lowest BCUT2D eigenvalue weighted by molar-refractivity contribution is 0.0873. The van der Waals surface area contributed by atoms with Gasteiger partial charge in [-0.05, 0) is 39.8 Å². The van der Waals surface area contributed by atoms with Crippen LogP contribution in [0.5, 0.6) is 0 Å². The Morgan fingerprint density at radius 2 is 2.00 bits per heavy atom. The molecule has 0 aromatic heterocycles. The molecule has 0 spiro atoms. The Morgan fingerprint density at radius 1 is 1.39 bits per heavy atom. The zero-order valence-electron chi connectivity index (χ0n) is 11.4. The standard InChI is InChI=1S/C14H22FNO2/c1-5-16(9-14(3,4)18)12-8-6-7-11(15)13(12)10(2)17/h6-8,10,17-18H,5,9H2,1-4H3/t10-/m0/s1. The summed E-state index contributed by atoms with van der Waals surface area (Å²) < 4.78 is 13.8. The summed E-state index contributed by atoms with van der Waals surface area (Å²) in [7, 11) is 0. The molecule has 0 saturated carbocycles. The normalized spacial score (nSPS) is 13.5. The van der Waals surface area contributed by atoms with Crippen LogP contribution in [0.15, 0.2) is 18.2 Å². The molecule has 0 heterocycles. The topological polar surface area (TPSA) is 43.7 Å². The van der Waals surface area contributed by atoms with Gasteiger partial charge in [0, 0.05) is 24.3 Å². The summed E-state index contributed by atoms with van der Waals surface area (Å²) in [4.78, 5) is 1.87. The lowest BCUT2D eigenvalue weighted by Gasteiger charge is -2.32. The van der Waals surface area contributed by atoms with Crippen molar-refractivity contribution >= 4 is 5.69 Å². The largest absolute Gasteiger partial charge is 0.389 e. The lowest BCUT2D eigenvalue weighted by atomic mass is 10.0. The summed E-state index contributed by atoms with van der Waals surface area (Å²) in [5.74, 6) is -0.420. The Kier molecular flexibility index (Phi) is 4.71. The van der Waals surface area contributed by atoms with Crippen molar-refractivity contribution in [2.45, 2.75) is 39.4 Å². The molecule has 4 heteroatoms. The smallest absolute Gasteiger partial charge is 0.131 e. The van der Waals surface area contributed by atoms with Gasteiger partial charge in [0.2, 0.25) is 0 Å². The van der Waals surface area contributed by atoms with Crippen LogP contribution in [-0.4, -0.2) is 28.9 Å². The van der Waals surface area contributed by atoms with Gasteiger partial charge in [-0.1, -0.05) is 6.07 Å². The maximum absolute atomic E-state index is 13.8. The highest BCUT2D eigenvalue weighted by molar-refractivity contribution is 5.55. The number of rotatable bonds is 5. The van der Waals surface area contributed by atoms with Gasteiger partial charge in [0.1, 0.15) is 5.82 Å². The van der Waals surface area contributed by atoms with Crippen molar-refractivity contribution in [3.8, 4) is 0 Å². The first-order valence-corrected chi connectivity index (χ1v) is 6.20. The van der Waals surface area contributed by atoms with E-state index in [-0.39, 0.29) is 5.56 Å². The molecule has 0 saturated heterocycles. The maximum Gasteiger partial charge on any atom is 0.131 e. The van der Waals surface area contributed by atoms with Gasteiger partial charge in [-0.15, -0.1) is 0 Å². The van der Waals surface area contributed by atoms with Crippen molar-refractivity contribution in [1.82, 2.24) is 0 Å². The second kappa shape index (κ2) is 5.67. The number of likely N-dealkylation sites (N-methyl/N-ethyl adjacent to an activating group) is 1. The van der Waals surface area contributed by atoms with Crippen LogP contribution in [-0.2, 0) is 0 Å². The molecule has 0 aliphatic heterocycles. The van der Waals surface area contributed by atoms with Gasteiger partial charge < -0.3 is 15.1 Å². The molecular formula is C14H22FNO2. The Hall–Kier alpha value is -1.13. The molecule has 0 aliphatic rings. The average molecular weight is 255 g/mol. The highest BCUT2D eigenvalue weighted by Gasteiger charge is 2.22. The fourth-order valence-electron chi connectivity index (χ4n) is 2.05. The van der Waals surface area contributed by atoms with Gasteiger partial charge in [-0.3, -0.25) is 0 Å². The van der Waals surface area contributed by atoms with E-state index in [1.807, 2.05) is 11.8 Å². The Morgan fingerprint density at radius 3 is 2.44 bits per heavy atom. The van der Waals surface area contributed by atoms with E-state index in [4.69, 9.17) is 0 Å². The summed E-state index contributed by atoms with van der Waals surface area (Å²) in [5.41, 5.74) is 0.0383. The van der Waals surface area contributed by atoms with E-state index >= 15 is 0 Å². The van der Waals surface area contributed by atoms with E-state index in [0.29, 0.717) is 18.8 Å². The summed E-state index contributed by atoms with van der Waals surface area (Å²) in [5, 5.41) is 19.6. The maximum atomic E-state index is 13.8. The predicted molar refractivity (Wildman–Crippen MR) is 71.2 cm³/mol. The third kappa shape index (κ3) is 3.68. The summed E-state index contributed by atoms with van der Waals surface area (Å²) >= 11 is 0. The second-order valence-electron chi connectivity index (χ2n) is 5.18. The number of anilines is 1. The summed E-state index contributed by atoms with van der Waals surface area (Å²) in [6.45, 7) is 7.90. The summed E-state index contributed by atoms with van der Waals surface area (Å²) in [6.07, 6.45) is -0.878. The molecule has 1 rings (SSSR count). The van der Waals surface area contributed by atoms with Gasteiger partial charge in [0.05, 0.1) is 11.7 Å². The van der Waals surface area contributed by atoms with Crippen molar-refractivity contribution in [3.63, 3.8) is 0 Å². The molecule has 1 atom stereocenters. The highest BCUT2D eigenvalue weighted by Crippen LogP contribution is 2.29. The van der Waals surface area contributed by atoms with Gasteiger partial charge in [0.15, 0.2) is 0 Å². The van der Waals surface area contributed by atoms with Crippen molar-refractivity contribution in [1.29, 1.82) is 0 Å². The van der Waals surface area contributed by atoms with Crippen LogP contribution < -0.4 is 4.90 Å². The second-order valence-corrected chi connectivity index (χ2v) is 5.18. The molecular weight excluding hydrogens is 233 g/mol. The van der Waals surface area contributed by atoms with E-state index in [1.54, 1.807) is 32.9 Å². The molecule has 1 aromatic carbocycles. The van der Waals surface area contributed by atoms with E-state index in [1.165, 1.54) is 6.07 Å². The number of hydrogen-bond donors (Lipinski definition) is 2. The van der Waals surface area contributed by atoms with Crippen LogP contribution in [0.1, 0.15) is 39.4 Å². The molecule has 0 radical (unpaired) electrons. The SMILES string of the molecule is CCN(CC(C)(C)O)c1cccc(F)c1[C@H](C)O. The average Bonchev–Trinajstić information content (AvgIpc) is 2.23. The van der Waals surface area contributed by atoms with Crippen LogP contribution in [0, 0.1) is 5.82 Å². The van der Waals surface area contributed by atoms with Crippen molar-refractivity contribution < 1.29 is 14.6 Å². The first-order chi connectivity index (χ1) is 8.26. The first kappa shape index (κ1) is 14.9. The Labute approximate surface area is 108 Å². The van der Waals surface area contributed by atoms with Gasteiger partial charge in [0.25, 0.3) is 0 Å². The zero-order valence-corrected chi connectivity index (χ0v) is 11.4. The molecule has 0 unspecified atom stereocenters. The Bertz CT molecular complexity index is 399. The van der Waals surface area contributed by atoms with Crippen molar-refractivity contribution in [2.75, 3.05) is 18.0 Å². The highest BCUT2D eigenvalue weighted by atomic mass is 19.1. The molecule has 2 N–H and O–H groups in total. The monoisotopic (exact) mass is 255 g/mol. The molecule has 3 nitrogen and oxygen atoms in total. The molecule has 102 valence electrons. The number of hydrogen-bond acceptors (Lipinski definition) is 3.